The number of pyridine rings is 1. The number of hydrogen-bond acceptors (Lipinski definition) is 6. The molecule has 0 radical (unpaired) electrons. The Morgan fingerprint density at radius 2 is 2.04 bits per heavy atom. The molecule has 1 atom stereocenters. The van der Waals surface area contributed by atoms with Crippen molar-refractivity contribution in [3.05, 3.63) is 40.8 Å². The Bertz CT molecular complexity index is 675. The third-order valence-corrected chi connectivity index (χ3v) is 4.83. The molecule has 1 aliphatic heterocycles. The molecule has 1 aliphatic rings. The van der Waals surface area contributed by atoms with Crippen molar-refractivity contribution < 1.29 is 0 Å². The van der Waals surface area contributed by atoms with E-state index in [1.165, 1.54) is 0 Å². The SMILES string of the molecule is CN(C)c1nccc(N(C)C2CCN(Cc3ccc(Br)cn3)C2)n1. The van der Waals surface area contributed by atoms with Crippen molar-refractivity contribution in [1.82, 2.24) is 19.9 Å². The van der Waals surface area contributed by atoms with Crippen molar-refractivity contribution in [3.8, 4) is 0 Å². The van der Waals surface area contributed by atoms with Crippen molar-refractivity contribution in [3.63, 3.8) is 0 Å². The van der Waals surface area contributed by atoms with Gasteiger partial charge in [-0.05, 0) is 40.5 Å². The first-order valence-electron chi connectivity index (χ1n) is 8.09. The van der Waals surface area contributed by atoms with Gasteiger partial charge in [-0.1, -0.05) is 0 Å². The molecule has 24 heavy (non-hydrogen) atoms. The highest BCUT2D eigenvalue weighted by atomic mass is 79.9. The second-order valence-electron chi connectivity index (χ2n) is 6.37. The molecule has 0 aliphatic carbocycles. The van der Waals surface area contributed by atoms with Crippen LogP contribution in [0.15, 0.2) is 35.1 Å². The van der Waals surface area contributed by atoms with Gasteiger partial charge in [-0.2, -0.15) is 4.98 Å². The standard InChI is InChI=1S/C17H23BrN6/c1-22(2)17-19-8-6-16(21-17)23(3)15-7-9-24(12-15)11-14-5-4-13(18)10-20-14/h4-6,8,10,15H,7,9,11-12H2,1-3H3. The van der Waals surface area contributed by atoms with Gasteiger partial charge in [0.1, 0.15) is 5.82 Å². The molecule has 0 N–H and O–H groups in total. The van der Waals surface area contributed by atoms with E-state index in [0.717, 1.165) is 48.0 Å². The average molecular weight is 391 g/mol. The van der Waals surface area contributed by atoms with E-state index in [1.807, 2.05) is 43.5 Å². The summed E-state index contributed by atoms with van der Waals surface area (Å²) in [6, 6.07) is 6.57. The first kappa shape index (κ1) is 17.1. The Hall–Kier alpha value is -1.73. The van der Waals surface area contributed by atoms with Gasteiger partial charge in [0.2, 0.25) is 5.95 Å². The normalized spacial score (nSPS) is 17.9. The number of hydrogen-bond donors (Lipinski definition) is 0. The minimum Gasteiger partial charge on any atom is -0.355 e. The molecule has 1 fully saturated rings. The molecule has 0 amide bonds. The van der Waals surface area contributed by atoms with E-state index in [9.17, 15) is 0 Å². The molecule has 128 valence electrons. The average Bonchev–Trinajstić information content (AvgIpc) is 3.05. The summed E-state index contributed by atoms with van der Waals surface area (Å²) in [5, 5.41) is 0. The number of aromatic nitrogens is 3. The number of likely N-dealkylation sites (tertiary alicyclic amines) is 1. The molecule has 3 rings (SSSR count). The molecular weight excluding hydrogens is 368 g/mol. The highest BCUT2D eigenvalue weighted by Gasteiger charge is 2.27. The molecule has 0 aromatic carbocycles. The van der Waals surface area contributed by atoms with E-state index in [1.54, 1.807) is 0 Å². The van der Waals surface area contributed by atoms with Crippen LogP contribution >= 0.6 is 15.9 Å². The van der Waals surface area contributed by atoms with E-state index in [4.69, 9.17) is 0 Å². The lowest BCUT2D eigenvalue weighted by atomic mass is 10.2. The third kappa shape index (κ3) is 4.02. The summed E-state index contributed by atoms with van der Waals surface area (Å²) in [6.07, 6.45) is 4.82. The summed E-state index contributed by atoms with van der Waals surface area (Å²) in [4.78, 5) is 20.0. The number of nitrogens with zero attached hydrogens (tertiary/aromatic N) is 6. The molecule has 0 spiro atoms. The first-order chi connectivity index (χ1) is 11.5. The van der Waals surface area contributed by atoms with Gasteiger partial charge in [0, 0.05) is 63.7 Å². The Labute approximate surface area is 151 Å². The molecule has 1 saturated heterocycles. The molecular formula is C17H23BrN6. The molecule has 0 saturated carbocycles. The van der Waals surface area contributed by atoms with Gasteiger partial charge in [-0.25, -0.2) is 4.98 Å². The first-order valence-corrected chi connectivity index (χ1v) is 8.88. The fourth-order valence-corrected chi connectivity index (χ4v) is 3.17. The Kier molecular flexibility index (Phi) is 5.30. The fraction of sp³-hybridized carbons (Fsp3) is 0.471. The predicted molar refractivity (Wildman–Crippen MR) is 100 cm³/mol. The van der Waals surface area contributed by atoms with E-state index in [-0.39, 0.29) is 0 Å². The van der Waals surface area contributed by atoms with Crippen LogP contribution < -0.4 is 9.80 Å². The van der Waals surface area contributed by atoms with Gasteiger partial charge >= 0.3 is 0 Å². The van der Waals surface area contributed by atoms with Crippen molar-refractivity contribution >= 4 is 27.7 Å². The van der Waals surface area contributed by atoms with E-state index in [0.29, 0.717) is 6.04 Å². The van der Waals surface area contributed by atoms with Gasteiger partial charge in [0.05, 0.1) is 5.69 Å². The Morgan fingerprint density at radius 3 is 2.75 bits per heavy atom. The smallest absolute Gasteiger partial charge is 0.226 e. The van der Waals surface area contributed by atoms with Crippen LogP contribution in [0.4, 0.5) is 11.8 Å². The van der Waals surface area contributed by atoms with Crippen molar-refractivity contribution in [2.75, 3.05) is 44.0 Å². The third-order valence-electron chi connectivity index (χ3n) is 4.36. The van der Waals surface area contributed by atoms with Gasteiger partial charge in [-0.3, -0.25) is 9.88 Å². The van der Waals surface area contributed by atoms with Gasteiger partial charge < -0.3 is 9.80 Å². The van der Waals surface area contributed by atoms with Crippen LogP contribution in [-0.4, -0.2) is 60.1 Å². The number of likely N-dealkylation sites (N-methyl/N-ethyl adjacent to an activating group) is 1. The molecule has 2 aromatic rings. The maximum absolute atomic E-state index is 4.64. The van der Waals surface area contributed by atoms with Gasteiger partial charge in [0.25, 0.3) is 0 Å². The van der Waals surface area contributed by atoms with Gasteiger partial charge in [-0.15, -0.1) is 0 Å². The zero-order valence-electron chi connectivity index (χ0n) is 14.4. The Morgan fingerprint density at radius 1 is 1.21 bits per heavy atom. The highest BCUT2D eigenvalue weighted by Crippen LogP contribution is 2.22. The quantitative estimate of drug-likeness (QED) is 0.780. The van der Waals surface area contributed by atoms with E-state index < -0.39 is 0 Å². The minimum atomic E-state index is 0.463. The predicted octanol–water partition coefficient (Wildman–Crippen LogP) is 2.41. The van der Waals surface area contributed by atoms with Crippen molar-refractivity contribution in [1.29, 1.82) is 0 Å². The van der Waals surface area contributed by atoms with E-state index >= 15 is 0 Å². The summed E-state index contributed by atoms with van der Waals surface area (Å²) >= 11 is 3.43. The zero-order chi connectivity index (χ0) is 17.1. The second kappa shape index (κ2) is 7.44. The molecule has 3 heterocycles. The van der Waals surface area contributed by atoms with Crippen LogP contribution in [0.5, 0.6) is 0 Å². The summed E-state index contributed by atoms with van der Waals surface area (Å²) in [7, 11) is 6.04. The van der Waals surface area contributed by atoms with E-state index in [2.05, 4.69) is 53.8 Å². The maximum Gasteiger partial charge on any atom is 0.226 e. The minimum absolute atomic E-state index is 0.463. The van der Waals surface area contributed by atoms with Crippen LogP contribution in [-0.2, 0) is 6.54 Å². The lowest BCUT2D eigenvalue weighted by Gasteiger charge is -2.26. The largest absolute Gasteiger partial charge is 0.355 e. The number of rotatable bonds is 5. The van der Waals surface area contributed by atoms with Crippen molar-refractivity contribution in [2.24, 2.45) is 0 Å². The highest BCUT2D eigenvalue weighted by molar-refractivity contribution is 9.10. The monoisotopic (exact) mass is 390 g/mol. The van der Waals surface area contributed by atoms with Crippen LogP contribution in [0.3, 0.4) is 0 Å². The summed E-state index contributed by atoms with van der Waals surface area (Å²) < 4.78 is 1.02. The lowest BCUT2D eigenvalue weighted by Crippen LogP contribution is -2.35. The van der Waals surface area contributed by atoms with Crippen LogP contribution in [0.2, 0.25) is 0 Å². The molecule has 7 heteroatoms. The molecule has 6 nitrogen and oxygen atoms in total. The van der Waals surface area contributed by atoms with Crippen LogP contribution in [0.1, 0.15) is 12.1 Å². The van der Waals surface area contributed by atoms with Gasteiger partial charge in [0.15, 0.2) is 0 Å². The summed E-state index contributed by atoms with van der Waals surface area (Å²) in [5.41, 5.74) is 1.11. The zero-order valence-corrected chi connectivity index (χ0v) is 15.9. The maximum atomic E-state index is 4.64. The van der Waals surface area contributed by atoms with Crippen molar-refractivity contribution in [2.45, 2.75) is 19.0 Å². The number of anilines is 2. The molecule has 0 bridgehead atoms. The lowest BCUT2D eigenvalue weighted by molar-refractivity contribution is 0.321. The number of halogens is 1. The Balaban J connectivity index is 1.62. The summed E-state index contributed by atoms with van der Waals surface area (Å²) in [5.74, 6) is 1.72. The van der Waals surface area contributed by atoms with Crippen LogP contribution in [0.25, 0.3) is 0 Å². The second-order valence-corrected chi connectivity index (χ2v) is 7.28. The molecule has 2 aromatic heterocycles. The molecule has 1 unspecified atom stereocenters. The van der Waals surface area contributed by atoms with Crippen LogP contribution in [0, 0.1) is 0 Å². The topological polar surface area (TPSA) is 48.4 Å². The summed E-state index contributed by atoms with van der Waals surface area (Å²) in [6.45, 7) is 3.00. The fourth-order valence-electron chi connectivity index (χ4n) is 2.94.